The van der Waals surface area contributed by atoms with E-state index in [1.54, 1.807) is 20.9 Å². The first-order valence-corrected chi connectivity index (χ1v) is 6.94. The normalized spacial score (nSPS) is 27.9. The molecule has 3 N–H and O–H groups in total. The summed E-state index contributed by atoms with van der Waals surface area (Å²) in [5.41, 5.74) is -1.46. The minimum atomic E-state index is -0.790. The number of carbonyl (C=O) groups excluding carboxylic acids is 1. The average Bonchev–Trinajstić information content (AvgIpc) is 2.37. The van der Waals surface area contributed by atoms with E-state index in [2.05, 4.69) is 17.6 Å². The lowest BCUT2D eigenvalue weighted by molar-refractivity contribution is -0.151. The van der Waals surface area contributed by atoms with Crippen LogP contribution in [0, 0.1) is 11.3 Å². The van der Waals surface area contributed by atoms with Crippen molar-refractivity contribution in [3.63, 3.8) is 0 Å². The van der Waals surface area contributed by atoms with E-state index in [0.717, 1.165) is 12.8 Å². The van der Waals surface area contributed by atoms with Crippen molar-refractivity contribution in [1.82, 2.24) is 10.6 Å². The van der Waals surface area contributed by atoms with Gasteiger partial charge in [0.05, 0.1) is 11.0 Å². The number of nitrogens with one attached hydrogen (secondary N) is 2. The summed E-state index contributed by atoms with van der Waals surface area (Å²) < 4.78 is 0. The molecule has 1 aliphatic carbocycles. The number of aliphatic carboxylic acids is 1. The van der Waals surface area contributed by atoms with Crippen LogP contribution in [0.15, 0.2) is 0 Å². The molecule has 5 heteroatoms. The molecule has 1 aliphatic rings. The molecule has 0 unspecified atom stereocenters. The third kappa shape index (κ3) is 3.69. The van der Waals surface area contributed by atoms with E-state index in [1.165, 1.54) is 0 Å². The minimum Gasteiger partial charge on any atom is -0.481 e. The molecule has 0 saturated heterocycles. The van der Waals surface area contributed by atoms with Crippen molar-refractivity contribution < 1.29 is 14.7 Å². The molecule has 0 heterocycles. The van der Waals surface area contributed by atoms with Crippen LogP contribution < -0.4 is 10.6 Å². The molecule has 0 bridgehead atoms. The first-order chi connectivity index (χ1) is 8.73. The Bertz CT molecular complexity index is 345. The van der Waals surface area contributed by atoms with Crippen LogP contribution >= 0.6 is 0 Å². The number of hydrogen-bond donors (Lipinski definition) is 3. The van der Waals surface area contributed by atoms with Crippen molar-refractivity contribution in [3.8, 4) is 0 Å². The van der Waals surface area contributed by atoms with E-state index in [1.807, 2.05) is 0 Å². The van der Waals surface area contributed by atoms with E-state index in [4.69, 9.17) is 0 Å². The monoisotopic (exact) mass is 270 g/mol. The Kier molecular flexibility index (Phi) is 4.96. The van der Waals surface area contributed by atoms with Gasteiger partial charge in [-0.1, -0.05) is 6.92 Å². The van der Waals surface area contributed by atoms with E-state index in [0.29, 0.717) is 18.8 Å². The van der Waals surface area contributed by atoms with Crippen LogP contribution in [-0.2, 0) is 9.59 Å². The molecule has 0 aromatic heterocycles. The van der Waals surface area contributed by atoms with Crippen LogP contribution in [0.2, 0.25) is 0 Å². The zero-order valence-electron chi connectivity index (χ0n) is 12.4. The molecule has 0 radical (unpaired) electrons. The smallest absolute Gasteiger partial charge is 0.311 e. The predicted molar refractivity (Wildman–Crippen MR) is 73.8 cm³/mol. The SMILES string of the molecule is CNC(C)(C)C(=O)NCC1(C(=O)O)CCC(C)CC1. The number of rotatable bonds is 5. The molecule has 1 amide bonds. The van der Waals surface area contributed by atoms with Crippen molar-refractivity contribution in [2.45, 2.75) is 52.0 Å². The molecular formula is C14H26N2O3. The van der Waals surface area contributed by atoms with Gasteiger partial charge in [-0.25, -0.2) is 0 Å². The average molecular weight is 270 g/mol. The Morgan fingerprint density at radius 1 is 1.32 bits per heavy atom. The van der Waals surface area contributed by atoms with Crippen LogP contribution in [0.3, 0.4) is 0 Å². The Morgan fingerprint density at radius 2 is 1.84 bits per heavy atom. The van der Waals surface area contributed by atoms with E-state index in [-0.39, 0.29) is 12.5 Å². The van der Waals surface area contributed by atoms with E-state index in [9.17, 15) is 14.7 Å². The molecule has 19 heavy (non-hydrogen) atoms. The molecule has 0 atom stereocenters. The van der Waals surface area contributed by atoms with Crippen LogP contribution in [0.5, 0.6) is 0 Å². The van der Waals surface area contributed by atoms with Crippen LogP contribution in [0.4, 0.5) is 0 Å². The van der Waals surface area contributed by atoms with Gasteiger partial charge in [-0.15, -0.1) is 0 Å². The third-order valence-corrected chi connectivity index (χ3v) is 4.47. The maximum absolute atomic E-state index is 12.0. The van der Waals surface area contributed by atoms with Crippen LogP contribution in [0.1, 0.15) is 46.5 Å². The maximum atomic E-state index is 12.0. The number of hydrogen-bond acceptors (Lipinski definition) is 3. The van der Waals surface area contributed by atoms with Crippen molar-refractivity contribution in [1.29, 1.82) is 0 Å². The Hall–Kier alpha value is -1.10. The number of amides is 1. The first kappa shape index (κ1) is 16.0. The molecule has 1 rings (SSSR count). The lowest BCUT2D eigenvalue weighted by atomic mass is 9.70. The molecule has 1 fully saturated rings. The highest BCUT2D eigenvalue weighted by molar-refractivity contribution is 5.86. The second-order valence-electron chi connectivity index (χ2n) is 6.33. The van der Waals surface area contributed by atoms with Gasteiger partial charge >= 0.3 is 5.97 Å². The fraction of sp³-hybridized carbons (Fsp3) is 0.857. The Morgan fingerprint density at radius 3 is 2.26 bits per heavy atom. The van der Waals surface area contributed by atoms with Crippen molar-refractivity contribution in [2.24, 2.45) is 11.3 Å². The van der Waals surface area contributed by atoms with Gasteiger partial charge in [0.15, 0.2) is 0 Å². The molecule has 0 aromatic carbocycles. The predicted octanol–water partition coefficient (Wildman–Crippen LogP) is 1.38. The molecule has 1 saturated carbocycles. The van der Waals surface area contributed by atoms with Crippen molar-refractivity contribution in [2.75, 3.05) is 13.6 Å². The number of likely N-dealkylation sites (N-methyl/N-ethyl adjacent to an activating group) is 1. The van der Waals surface area contributed by atoms with Gasteiger partial charge in [-0.2, -0.15) is 0 Å². The van der Waals surface area contributed by atoms with Gasteiger partial charge < -0.3 is 15.7 Å². The Balaban J connectivity index is 2.66. The summed E-state index contributed by atoms with van der Waals surface area (Å²) >= 11 is 0. The lowest BCUT2D eigenvalue weighted by Gasteiger charge is -2.36. The summed E-state index contributed by atoms with van der Waals surface area (Å²) in [6.07, 6.45) is 3.11. The molecule has 5 nitrogen and oxygen atoms in total. The third-order valence-electron chi connectivity index (χ3n) is 4.47. The number of carbonyl (C=O) groups is 2. The first-order valence-electron chi connectivity index (χ1n) is 6.94. The zero-order valence-corrected chi connectivity index (χ0v) is 12.4. The van der Waals surface area contributed by atoms with Crippen LogP contribution in [-0.4, -0.2) is 36.1 Å². The summed E-state index contributed by atoms with van der Waals surface area (Å²) in [6.45, 7) is 5.92. The van der Waals surface area contributed by atoms with Gasteiger partial charge in [0, 0.05) is 6.54 Å². The fourth-order valence-electron chi connectivity index (χ4n) is 2.36. The van der Waals surface area contributed by atoms with E-state index < -0.39 is 16.9 Å². The maximum Gasteiger partial charge on any atom is 0.311 e. The van der Waals surface area contributed by atoms with Gasteiger partial charge in [0.25, 0.3) is 0 Å². The summed E-state index contributed by atoms with van der Waals surface area (Å²) in [4.78, 5) is 23.5. The molecule has 0 aromatic rings. The second kappa shape index (κ2) is 5.90. The minimum absolute atomic E-state index is 0.158. The summed E-state index contributed by atoms with van der Waals surface area (Å²) in [6, 6.07) is 0. The summed E-state index contributed by atoms with van der Waals surface area (Å²) in [7, 11) is 1.72. The Labute approximate surface area is 115 Å². The molecular weight excluding hydrogens is 244 g/mol. The van der Waals surface area contributed by atoms with Gasteiger partial charge in [0.2, 0.25) is 5.91 Å². The highest BCUT2D eigenvalue weighted by atomic mass is 16.4. The van der Waals surface area contributed by atoms with Crippen LogP contribution in [0.25, 0.3) is 0 Å². The summed E-state index contributed by atoms with van der Waals surface area (Å²) in [5, 5.41) is 15.2. The van der Waals surface area contributed by atoms with Crippen molar-refractivity contribution >= 4 is 11.9 Å². The van der Waals surface area contributed by atoms with Gasteiger partial charge in [-0.05, 0) is 52.5 Å². The molecule has 110 valence electrons. The second-order valence-corrected chi connectivity index (χ2v) is 6.33. The van der Waals surface area contributed by atoms with Crippen molar-refractivity contribution in [3.05, 3.63) is 0 Å². The highest BCUT2D eigenvalue weighted by Crippen LogP contribution is 2.38. The standard InChI is InChI=1S/C14H26N2O3/c1-10-5-7-14(8-6-10,12(18)19)9-16-11(17)13(2,3)15-4/h10,15H,5-9H2,1-4H3,(H,16,17)(H,18,19). The number of carboxylic acids is 1. The quantitative estimate of drug-likeness (QED) is 0.705. The molecule has 0 aliphatic heterocycles. The molecule has 0 spiro atoms. The number of carboxylic acid groups (broad SMARTS) is 1. The van der Waals surface area contributed by atoms with Gasteiger partial charge in [0.1, 0.15) is 0 Å². The lowest BCUT2D eigenvalue weighted by Crippen LogP contribution is -2.54. The highest BCUT2D eigenvalue weighted by Gasteiger charge is 2.42. The zero-order chi connectivity index (χ0) is 14.7. The summed E-state index contributed by atoms with van der Waals surface area (Å²) in [5.74, 6) is -0.367. The largest absolute Gasteiger partial charge is 0.481 e. The van der Waals surface area contributed by atoms with Gasteiger partial charge in [-0.3, -0.25) is 9.59 Å². The van der Waals surface area contributed by atoms with E-state index >= 15 is 0 Å². The fourth-order valence-corrected chi connectivity index (χ4v) is 2.36. The topological polar surface area (TPSA) is 78.4 Å².